The second-order valence-corrected chi connectivity index (χ2v) is 5.40. The van der Waals surface area contributed by atoms with Gasteiger partial charge in [0, 0.05) is 5.38 Å². The van der Waals surface area contributed by atoms with Gasteiger partial charge in [-0.15, -0.1) is 11.3 Å². The molecule has 3 rings (SSSR count). The molecule has 1 aliphatic heterocycles. The molecule has 102 valence electrons. The molecule has 1 aromatic carbocycles. The van der Waals surface area contributed by atoms with E-state index in [4.69, 9.17) is 9.47 Å². The minimum atomic E-state index is 0.628. The van der Waals surface area contributed by atoms with Gasteiger partial charge in [-0.1, -0.05) is 42.5 Å². The largest absolute Gasteiger partial charge is 0.485 e. The number of hydrogen-bond acceptors (Lipinski definition) is 3. The lowest BCUT2D eigenvalue weighted by Gasteiger charge is -2.15. The Morgan fingerprint density at radius 1 is 0.950 bits per heavy atom. The van der Waals surface area contributed by atoms with Crippen LogP contribution in [0.5, 0.6) is 11.5 Å². The highest BCUT2D eigenvalue weighted by atomic mass is 32.1. The van der Waals surface area contributed by atoms with Crippen molar-refractivity contribution in [3.63, 3.8) is 0 Å². The van der Waals surface area contributed by atoms with Gasteiger partial charge in [-0.25, -0.2) is 0 Å². The number of rotatable bonds is 3. The molecule has 1 aliphatic rings. The van der Waals surface area contributed by atoms with Crippen LogP contribution in [0.2, 0.25) is 0 Å². The van der Waals surface area contributed by atoms with Crippen molar-refractivity contribution in [3.05, 3.63) is 51.7 Å². The number of hydrogen-bond donors (Lipinski definition) is 0. The maximum Gasteiger partial charge on any atom is 0.179 e. The Labute approximate surface area is 123 Å². The number of ether oxygens (including phenoxy) is 2. The molecule has 0 saturated carbocycles. The molecular formula is C17H16O2S. The topological polar surface area (TPSA) is 18.5 Å². The fraction of sp³-hybridized carbons (Fsp3) is 0.176. The molecule has 1 aromatic heterocycles. The predicted molar refractivity (Wildman–Crippen MR) is 85.4 cm³/mol. The Morgan fingerprint density at radius 3 is 2.40 bits per heavy atom. The molecule has 2 aromatic rings. The monoisotopic (exact) mass is 284 g/mol. The summed E-state index contributed by atoms with van der Waals surface area (Å²) < 4.78 is 11.2. The lowest BCUT2D eigenvalue weighted by molar-refractivity contribution is 0.173. The molecule has 0 amide bonds. The van der Waals surface area contributed by atoms with Crippen LogP contribution in [0.15, 0.2) is 35.7 Å². The summed E-state index contributed by atoms with van der Waals surface area (Å²) in [4.78, 5) is 1.11. The lowest BCUT2D eigenvalue weighted by atomic mass is 10.1. The minimum absolute atomic E-state index is 0.628. The summed E-state index contributed by atoms with van der Waals surface area (Å²) in [6.07, 6.45) is 8.32. The van der Waals surface area contributed by atoms with Gasteiger partial charge in [-0.2, -0.15) is 0 Å². The fourth-order valence-electron chi connectivity index (χ4n) is 2.08. The van der Waals surface area contributed by atoms with Crippen LogP contribution in [-0.2, 0) is 0 Å². The molecule has 2 nitrogen and oxygen atoms in total. The van der Waals surface area contributed by atoms with Gasteiger partial charge in [0.25, 0.3) is 0 Å². The van der Waals surface area contributed by atoms with Gasteiger partial charge >= 0.3 is 0 Å². The van der Waals surface area contributed by atoms with Gasteiger partial charge in [0.2, 0.25) is 0 Å². The summed E-state index contributed by atoms with van der Waals surface area (Å²) in [6, 6.07) is 8.46. The quantitative estimate of drug-likeness (QED) is 0.811. The second kappa shape index (κ2) is 5.97. The summed E-state index contributed by atoms with van der Waals surface area (Å²) in [5.74, 6) is 1.74. The Balaban J connectivity index is 1.78. The number of benzene rings is 1. The molecule has 20 heavy (non-hydrogen) atoms. The van der Waals surface area contributed by atoms with Crippen LogP contribution in [0.4, 0.5) is 0 Å². The van der Waals surface area contributed by atoms with E-state index < -0.39 is 0 Å². The fourth-order valence-corrected chi connectivity index (χ4v) is 2.90. The van der Waals surface area contributed by atoms with E-state index in [2.05, 4.69) is 42.5 Å². The van der Waals surface area contributed by atoms with Crippen LogP contribution in [-0.4, -0.2) is 13.2 Å². The summed E-state index contributed by atoms with van der Waals surface area (Å²) in [5, 5.41) is 2.00. The molecule has 2 heterocycles. The maximum absolute atomic E-state index is 5.66. The molecule has 0 atom stereocenters. The lowest BCUT2D eigenvalue weighted by Crippen LogP contribution is -2.14. The number of fused-ring (bicyclic) bond motifs is 1. The van der Waals surface area contributed by atoms with Crippen molar-refractivity contribution in [1.29, 1.82) is 0 Å². The molecule has 0 saturated heterocycles. The van der Waals surface area contributed by atoms with Crippen molar-refractivity contribution in [1.82, 2.24) is 0 Å². The molecule has 0 unspecified atom stereocenters. The van der Waals surface area contributed by atoms with Crippen LogP contribution < -0.4 is 9.47 Å². The zero-order chi connectivity index (χ0) is 13.8. The first kappa shape index (κ1) is 13.0. The van der Waals surface area contributed by atoms with Crippen LogP contribution in [0.1, 0.15) is 22.9 Å². The normalized spacial score (nSPS) is 14.2. The maximum atomic E-state index is 5.66. The van der Waals surface area contributed by atoms with Crippen LogP contribution in [0.3, 0.4) is 0 Å². The SMILES string of the molecule is C/C=C/c1ccc(/C=C/c2scc3c2OCCO3)cc1. The van der Waals surface area contributed by atoms with E-state index in [1.165, 1.54) is 11.1 Å². The molecule has 0 bridgehead atoms. The molecular weight excluding hydrogens is 268 g/mol. The summed E-state index contributed by atoms with van der Waals surface area (Å²) in [6.45, 7) is 3.29. The zero-order valence-corrected chi connectivity index (χ0v) is 12.2. The van der Waals surface area contributed by atoms with E-state index in [0.29, 0.717) is 13.2 Å². The molecule has 0 aliphatic carbocycles. The van der Waals surface area contributed by atoms with Crippen molar-refractivity contribution in [2.45, 2.75) is 6.92 Å². The van der Waals surface area contributed by atoms with Crippen LogP contribution in [0.25, 0.3) is 18.2 Å². The molecule has 0 N–H and O–H groups in total. The average molecular weight is 284 g/mol. The third-order valence-corrected chi connectivity index (χ3v) is 3.96. The van der Waals surface area contributed by atoms with Crippen molar-refractivity contribution in [2.75, 3.05) is 13.2 Å². The average Bonchev–Trinajstić information content (AvgIpc) is 2.90. The Kier molecular flexibility index (Phi) is 3.88. The molecule has 0 radical (unpaired) electrons. The van der Waals surface area contributed by atoms with E-state index in [1.54, 1.807) is 11.3 Å². The van der Waals surface area contributed by atoms with Crippen LogP contribution in [0, 0.1) is 0 Å². The number of allylic oxidation sites excluding steroid dienone is 1. The van der Waals surface area contributed by atoms with Crippen LogP contribution >= 0.6 is 11.3 Å². The highest BCUT2D eigenvalue weighted by molar-refractivity contribution is 7.11. The Bertz CT molecular complexity index is 636. The molecule has 3 heteroatoms. The Hall–Kier alpha value is -2.00. The van der Waals surface area contributed by atoms with E-state index in [9.17, 15) is 0 Å². The van der Waals surface area contributed by atoms with Gasteiger partial charge < -0.3 is 9.47 Å². The van der Waals surface area contributed by atoms with Crippen molar-refractivity contribution in [3.8, 4) is 11.5 Å². The van der Waals surface area contributed by atoms with E-state index in [0.717, 1.165) is 16.4 Å². The van der Waals surface area contributed by atoms with Gasteiger partial charge in [-0.05, 0) is 24.1 Å². The number of thiophene rings is 1. The highest BCUT2D eigenvalue weighted by Gasteiger charge is 2.16. The summed E-state index contributed by atoms with van der Waals surface area (Å²) in [5.41, 5.74) is 2.40. The minimum Gasteiger partial charge on any atom is -0.485 e. The van der Waals surface area contributed by atoms with Crippen molar-refractivity contribution < 1.29 is 9.47 Å². The third-order valence-electron chi connectivity index (χ3n) is 3.05. The zero-order valence-electron chi connectivity index (χ0n) is 11.3. The Morgan fingerprint density at radius 2 is 1.65 bits per heavy atom. The van der Waals surface area contributed by atoms with Gasteiger partial charge in [-0.3, -0.25) is 0 Å². The van der Waals surface area contributed by atoms with Gasteiger partial charge in [0.05, 0.1) is 4.88 Å². The summed E-state index contributed by atoms with van der Waals surface area (Å²) in [7, 11) is 0. The first-order chi connectivity index (χ1) is 9.86. The first-order valence-corrected chi connectivity index (χ1v) is 7.53. The first-order valence-electron chi connectivity index (χ1n) is 6.65. The van der Waals surface area contributed by atoms with Crippen molar-refractivity contribution >= 4 is 29.6 Å². The van der Waals surface area contributed by atoms with E-state index in [-0.39, 0.29) is 0 Å². The standard InChI is InChI=1S/C17H16O2S/c1-2-3-13-4-6-14(7-5-13)8-9-16-17-15(12-20-16)18-10-11-19-17/h2-9,12H,10-11H2,1H3/b3-2+,9-8+. The van der Waals surface area contributed by atoms with Gasteiger partial charge in [0.1, 0.15) is 13.2 Å². The van der Waals surface area contributed by atoms with Gasteiger partial charge in [0.15, 0.2) is 11.5 Å². The smallest absolute Gasteiger partial charge is 0.179 e. The highest BCUT2D eigenvalue weighted by Crippen LogP contribution is 2.40. The summed E-state index contributed by atoms with van der Waals surface area (Å²) >= 11 is 1.65. The molecule has 0 fully saturated rings. The van der Waals surface area contributed by atoms with Crippen molar-refractivity contribution in [2.24, 2.45) is 0 Å². The van der Waals surface area contributed by atoms with E-state index in [1.807, 2.05) is 18.4 Å². The second-order valence-electron chi connectivity index (χ2n) is 4.49. The third kappa shape index (κ3) is 2.78. The predicted octanol–water partition coefficient (Wildman–Crippen LogP) is 4.72. The molecule has 0 spiro atoms. The van der Waals surface area contributed by atoms with E-state index >= 15 is 0 Å².